The molecule has 1 saturated carbocycles. The number of hydrogen-bond donors (Lipinski definition) is 1. The van der Waals surface area contributed by atoms with Crippen molar-refractivity contribution in [2.75, 3.05) is 6.54 Å². The molecule has 0 heterocycles. The highest BCUT2D eigenvalue weighted by Crippen LogP contribution is 2.36. The van der Waals surface area contributed by atoms with E-state index in [2.05, 4.69) is 59.4 Å². The second kappa shape index (κ2) is 6.01. The van der Waals surface area contributed by atoms with Gasteiger partial charge in [-0.25, -0.2) is 0 Å². The Morgan fingerprint density at radius 3 is 2.65 bits per heavy atom. The van der Waals surface area contributed by atoms with Crippen LogP contribution in [0.15, 0.2) is 28.7 Å². The van der Waals surface area contributed by atoms with Gasteiger partial charge < -0.3 is 5.32 Å². The second-order valence-corrected chi connectivity index (χ2v) is 6.41. The monoisotopic (exact) mass is 295 g/mol. The van der Waals surface area contributed by atoms with Crippen LogP contribution >= 0.6 is 15.9 Å². The topological polar surface area (TPSA) is 12.0 Å². The van der Waals surface area contributed by atoms with Crippen LogP contribution in [0.2, 0.25) is 0 Å². The lowest BCUT2D eigenvalue weighted by atomic mass is 9.70. The van der Waals surface area contributed by atoms with Crippen molar-refractivity contribution in [3.05, 3.63) is 34.3 Å². The van der Waals surface area contributed by atoms with Crippen LogP contribution in [-0.4, -0.2) is 12.6 Å². The van der Waals surface area contributed by atoms with E-state index in [4.69, 9.17) is 0 Å². The van der Waals surface area contributed by atoms with Crippen molar-refractivity contribution in [2.45, 2.75) is 39.2 Å². The fourth-order valence-corrected chi connectivity index (χ4v) is 2.98. The van der Waals surface area contributed by atoms with Gasteiger partial charge in [-0.05, 0) is 55.3 Å². The van der Waals surface area contributed by atoms with E-state index >= 15 is 0 Å². The van der Waals surface area contributed by atoms with Crippen molar-refractivity contribution in [3.8, 4) is 0 Å². The molecule has 0 aromatic heterocycles. The lowest BCUT2D eigenvalue weighted by Gasteiger charge is -2.37. The molecule has 2 unspecified atom stereocenters. The summed E-state index contributed by atoms with van der Waals surface area (Å²) in [5.74, 6) is 1.77. The Hall–Kier alpha value is -0.340. The molecule has 0 saturated heterocycles. The Labute approximate surface area is 113 Å². The van der Waals surface area contributed by atoms with Crippen LogP contribution in [0.5, 0.6) is 0 Å². The molecule has 1 aliphatic carbocycles. The Morgan fingerprint density at radius 2 is 2.06 bits per heavy atom. The van der Waals surface area contributed by atoms with Crippen molar-refractivity contribution < 1.29 is 0 Å². The zero-order valence-electron chi connectivity index (χ0n) is 10.7. The van der Waals surface area contributed by atoms with E-state index in [1.807, 2.05) is 0 Å². The molecule has 1 aromatic carbocycles. The maximum Gasteiger partial charge on any atom is 0.0177 e. The first kappa shape index (κ1) is 13.1. The van der Waals surface area contributed by atoms with Crippen LogP contribution in [0.25, 0.3) is 0 Å². The minimum absolute atomic E-state index is 0.613. The number of nitrogens with one attached hydrogen (secondary N) is 1. The van der Waals surface area contributed by atoms with Crippen LogP contribution in [0.4, 0.5) is 0 Å². The molecule has 0 spiro atoms. The minimum atomic E-state index is 0.613. The van der Waals surface area contributed by atoms with Crippen molar-refractivity contribution in [3.63, 3.8) is 0 Å². The molecule has 17 heavy (non-hydrogen) atoms. The van der Waals surface area contributed by atoms with Crippen LogP contribution in [0, 0.1) is 11.8 Å². The Balaban J connectivity index is 1.83. The highest BCUT2D eigenvalue weighted by atomic mass is 79.9. The summed E-state index contributed by atoms with van der Waals surface area (Å²) in [5.41, 5.74) is 1.47. The first-order valence-electron chi connectivity index (χ1n) is 6.63. The molecule has 94 valence electrons. The fourth-order valence-electron chi connectivity index (χ4n) is 2.53. The first-order valence-corrected chi connectivity index (χ1v) is 7.42. The van der Waals surface area contributed by atoms with Gasteiger partial charge in [0, 0.05) is 10.5 Å². The largest absolute Gasteiger partial charge is 0.314 e. The van der Waals surface area contributed by atoms with Crippen LogP contribution in [0.1, 0.15) is 32.3 Å². The van der Waals surface area contributed by atoms with Crippen molar-refractivity contribution in [1.82, 2.24) is 5.32 Å². The maximum atomic E-state index is 3.57. The molecule has 0 bridgehead atoms. The molecular weight excluding hydrogens is 274 g/mol. The number of rotatable bonds is 5. The van der Waals surface area contributed by atoms with Gasteiger partial charge >= 0.3 is 0 Å². The maximum absolute atomic E-state index is 3.57. The predicted molar refractivity (Wildman–Crippen MR) is 77.2 cm³/mol. The molecule has 2 heteroatoms. The molecule has 1 aromatic rings. The summed E-state index contributed by atoms with van der Waals surface area (Å²) in [6, 6.07) is 9.35. The van der Waals surface area contributed by atoms with Gasteiger partial charge in [-0.1, -0.05) is 41.9 Å². The molecular formula is C15H22BrN. The fraction of sp³-hybridized carbons (Fsp3) is 0.600. The summed E-state index contributed by atoms with van der Waals surface area (Å²) in [6.07, 6.45) is 4.04. The van der Waals surface area contributed by atoms with Crippen molar-refractivity contribution >= 4 is 15.9 Å². The van der Waals surface area contributed by atoms with Crippen LogP contribution < -0.4 is 5.32 Å². The average molecular weight is 296 g/mol. The normalized spacial score (nSPS) is 23.8. The molecule has 1 aliphatic rings. The van der Waals surface area contributed by atoms with E-state index in [1.165, 1.54) is 35.8 Å². The van der Waals surface area contributed by atoms with Gasteiger partial charge in [0.05, 0.1) is 0 Å². The lowest BCUT2D eigenvalue weighted by Crippen LogP contribution is -2.38. The minimum Gasteiger partial charge on any atom is -0.314 e. The smallest absolute Gasteiger partial charge is 0.0177 e. The van der Waals surface area contributed by atoms with Gasteiger partial charge in [-0.2, -0.15) is 0 Å². The molecule has 1 nitrogen and oxygen atoms in total. The van der Waals surface area contributed by atoms with Crippen LogP contribution in [-0.2, 0) is 6.42 Å². The Kier molecular flexibility index (Phi) is 4.63. The predicted octanol–water partition coefficient (Wildman–Crippen LogP) is 4.02. The zero-order chi connectivity index (χ0) is 12.3. The lowest BCUT2D eigenvalue weighted by molar-refractivity contribution is 0.168. The van der Waals surface area contributed by atoms with Gasteiger partial charge in [0.1, 0.15) is 0 Å². The van der Waals surface area contributed by atoms with Crippen LogP contribution in [0.3, 0.4) is 0 Å². The third-order valence-corrected chi connectivity index (χ3v) is 4.24. The first-order chi connectivity index (χ1) is 8.15. The molecule has 1 fully saturated rings. The molecule has 1 N–H and O–H groups in total. The average Bonchev–Trinajstić information content (AvgIpc) is 2.24. The molecule has 2 atom stereocenters. The number of halogens is 1. The van der Waals surface area contributed by atoms with Gasteiger partial charge in [0.15, 0.2) is 0 Å². The summed E-state index contributed by atoms with van der Waals surface area (Å²) in [5, 5.41) is 3.57. The number of hydrogen-bond acceptors (Lipinski definition) is 1. The molecule has 0 amide bonds. The molecule has 0 aliphatic heterocycles. The summed E-state index contributed by atoms with van der Waals surface area (Å²) < 4.78 is 1.20. The quantitative estimate of drug-likeness (QED) is 0.865. The van der Waals surface area contributed by atoms with Gasteiger partial charge in [0.2, 0.25) is 0 Å². The van der Waals surface area contributed by atoms with E-state index in [9.17, 15) is 0 Å². The van der Waals surface area contributed by atoms with E-state index in [0.29, 0.717) is 6.04 Å². The van der Waals surface area contributed by atoms with Gasteiger partial charge in [0.25, 0.3) is 0 Å². The van der Waals surface area contributed by atoms with Gasteiger partial charge in [-0.3, -0.25) is 0 Å². The van der Waals surface area contributed by atoms with Gasteiger partial charge in [-0.15, -0.1) is 0 Å². The summed E-state index contributed by atoms with van der Waals surface area (Å²) >= 11 is 3.54. The standard InChI is InChI=1S/C15H22BrN/c1-11(2)17-10-14-7-6-13(14)8-12-4-3-5-15(16)9-12/h3-5,9,11,13-14,17H,6-8,10H2,1-2H3. The SMILES string of the molecule is CC(C)NCC1CCC1Cc1cccc(Br)c1. The Morgan fingerprint density at radius 1 is 1.29 bits per heavy atom. The summed E-state index contributed by atoms with van der Waals surface area (Å²) in [6.45, 7) is 5.64. The second-order valence-electron chi connectivity index (χ2n) is 5.49. The summed E-state index contributed by atoms with van der Waals surface area (Å²) in [7, 11) is 0. The third-order valence-electron chi connectivity index (χ3n) is 3.75. The Bertz CT molecular complexity index is 362. The zero-order valence-corrected chi connectivity index (χ0v) is 12.3. The van der Waals surface area contributed by atoms with Crippen molar-refractivity contribution in [2.24, 2.45) is 11.8 Å². The molecule has 2 rings (SSSR count). The number of benzene rings is 1. The van der Waals surface area contributed by atoms with E-state index in [1.54, 1.807) is 0 Å². The van der Waals surface area contributed by atoms with E-state index in [0.717, 1.165) is 11.8 Å². The van der Waals surface area contributed by atoms with Crippen molar-refractivity contribution in [1.29, 1.82) is 0 Å². The van der Waals surface area contributed by atoms with E-state index < -0.39 is 0 Å². The van der Waals surface area contributed by atoms with E-state index in [-0.39, 0.29) is 0 Å². The molecule has 0 radical (unpaired) electrons. The highest BCUT2D eigenvalue weighted by Gasteiger charge is 2.30. The summed E-state index contributed by atoms with van der Waals surface area (Å²) in [4.78, 5) is 0. The highest BCUT2D eigenvalue weighted by molar-refractivity contribution is 9.10. The third kappa shape index (κ3) is 3.82.